The third-order valence-corrected chi connectivity index (χ3v) is 7.19. The Morgan fingerprint density at radius 3 is 2.64 bits per heavy atom. The summed E-state index contributed by atoms with van der Waals surface area (Å²) >= 11 is 0. The third-order valence-electron chi connectivity index (χ3n) is 7.19. The molecule has 0 saturated carbocycles. The molecule has 4 rings (SSSR count). The van der Waals surface area contributed by atoms with Crippen LogP contribution in [0.1, 0.15) is 85.3 Å². The lowest BCUT2D eigenvalue weighted by Gasteiger charge is -2.24. The van der Waals surface area contributed by atoms with Gasteiger partial charge < -0.3 is 9.84 Å². The van der Waals surface area contributed by atoms with Gasteiger partial charge >= 0.3 is 5.97 Å². The van der Waals surface area contributed by atoms with Crippen molar-refractivity contribution in [1.29, 1.82) is 0 Å². The molecule has 1 aliphatic rings. The van der Waals surface area contributed by atoms with Gasteiger partial charge in [-0.05, 0) is 72.8 Å². The largest absolute Gasteiger partial charge is 0.481 e. The Bertz CT molecular complexity index is 1220. The molecular formula is C30H39N3O3. The third kappa shape index (κ3) is 6.34. The standard InChI is InChI=1S/C30H39N3O3/c1-20-10-12-23(30(2,3)4)18-26(20)22(17-29(34)35)16-25-19-28(33(5)32-25)36-15-14-24-13-11-21-8-6-7-9-27(21)31-24/h10-13,18-19,22H,6-9,14-17H2,1-5H3,(H,34,35). The van der Waals surface area contributed by atoms with Crippen LogP contribution in [-0.4, -0.2) is 32.4 Å². The molecule has 0 bridgehead atoms. The molecule has 0 spiro atoms. The molecule has 0 aliphatic heterocycles. The van der Waals surface area contributed by atoms with E-state index in [1.54, 1.807) is 4.68 Å². The van der Waals surface area contributed by atoms with Crippen LogP contribution in [0.15, 0.2) is 36.4 Å². The Kier molecular flexibility index (Phi) is 7.82. The number of benzene rings is 1. The summed E-state index contributed by atoms with van der Waals surface area (Å²) in [4.78, 5) is 16.6. The molecule has 0 radical (unpaired) electrons. The molecule has 1 aliphatic carbocycles. The number of rotatable bonds is 9. The lowest BCUT2D eigenvalue weighted by Crippen LogP contribution is -2.15. The first-order chi connectivity index (χ1) is 17.1. The van der Waals surface area contributed by atoms with E-state index < -0.39 is 5.97 Å². The fourth-order valence-corrected chi connectivity index (χ4v) is 5.07. The van der Waals surface area contributed by atoms with Crippen LogP contribution in [0.4, 0.5) is 0 Å². The zero-order valence-electron chi connectivity index (χ0n) is 22.3. The predicted octanol–water partition coefficient (Wildman–Crippen LogP) is 5.72. The first-order valence-corrected chi connectivity index (χ1v) is 13.1. The van der Waals surface area contributed by atoms with E-state index in [1.807, 2.05) is 13.1 Å². The van der Waals surface area contributed by atoms with Crippen LogP contribution in [0, 0.1) is 6.92 Å². The van der Waals surface area contributed by atoms with E-state index in [4.69, 9.17) is 9.72 Å². The second-order valence-electron chi connectivity index (χ2n) is 11.1. The van der Waals surface area contributed by atoms with Gasteiger partial charge in [0.25, 0.3) is 0 Å². The van der Waals surface area contributed by atoms with Crippen LogP contribution in [0.5, 0.6) is 5.88 Å². The first kappa shape index (κ1) is 25.9. The molecule has 1 atom stereocenters. The number of hydrogen-bond donors (Lipinski definition) is 1. The first-order valence-electron chi connectivity index (χ1n) is 13.1. The van der Waals surface area contributed by atoms with E-state index in [0.29, 0.717) is 18.9 Å². The van der Waals surface area contributed by atoms with Gasteiger partial charge in [0.2, 0.25) is 5.88 Å². The number of ether oxygens (including phenoxy) is 1. The average Bonchev–Trinajstić information content (AvgIpc) is 3.16. The summed E-state index contributed by atoms with van der Waals surface area (Å²) in [5.74, 6) is -0.269. The fourth-order valence-electron chi connectivity index (χ4n) is 5.07. The summed E-state index contributed by atoms with van der Waals surface area (Å²) < 4.78 is 7.81. The van der Waals surface area contributed by atoms with Crippen molar-refractivity contribution in [3.63, 3.8) is 0 Å². The van der Waals surface area contributed by atoms with Crippen molar-refractivity contribution < 1.29 is 14.6 Å². The quantitative estimate of drug-likeness (QED) is 0.416. The maximum atomic E-state index is 11.7. The number of pyridine rings is 1. The van der Waals surface area contributed by atoms with Crippen LogP contribution >= 0.6 is 0 Å². The molecule has 0 amide bonds. The van der Waals surface area contributed by atoms with Gasteiger partial charge in [-0.1, -0.05) is 45.0 Å². The highest BCUT2D eigenvalue weighted by atomic mass is 16.5. The second kappa shape index (κ2) is 10.9. The minimum absolute atomic E-state index is 0.00482. The van der Waals surface area contributed by atoms with Crippen molar-refractivity contribution in [3.05, 3.63) is 75.7 Å². The SMILES string of the molecule is Cc1ccc(C(C)(C)C)cc1C(CC(=O)O)Cc1cc(OCCc2ccc3c(n2)CCCC3)n(C)n1. The lowest BCUT2D eigenvalue weighted by molar-refractivity contribution is -0.137. The van der Waals surface area contributed by atoms with Gasteiger partial charge in [0.05, 0.1) is 18.7 Å². The van der Waals surface area contributed by atoms with Crippen molar-refractivity contribution in [2.45, 2.75) is 84.0 Å². The molecule has 3 aromatic rings. The number of carbonyl (C=O) groups is 1. The minimum Gasteiger partial charge on any atom is -0.481 e. The van der Waals surface area contributed by atoms with Crippen molar-refractivity contribution in [2.24, 2.45) is 7.05 Å². The molecule has 2 aromatic heterocycles. The van der Waals surface area contributed by atoms with E-state index in [9.17, 15) is 9.90 Å². The molecule has 192 valence electrons. The summed E-state index contributed by atoms with van der Waals surface area (Å²) in [6.45, 7) is 9.11. The molecular weight excluding hydrogens is 450 g/mol. The molecule has 36 heavy (non-hydrogen) atoms. The zero-order chi connectivity index (χ0) is 25.9. The van der Waals surface area contributed by atoms with Crippen molar-refractivity contribution in [1.82, 2.24) is 14.8 Å². The van der Waals surface area contributed by atoms with Crippen molar-refractivity contribution >= 4 is 5.97 Å². The highest BCUT2D eigenvalue weighted by Gasteiger charge is 2.23. The Morgan fingerprint density at radius 2 is 1.89 bits per heavy atom. The number of carboxylic acid groups (broad SMARTS) is 1. The van der Waals surface area contributed by atoms with E-state index >= 15 is 0 Å². The molecule has 0 fully saturated rings. The van der Waals surface area contributed by atoms with Gasteiger partial charge in [-0.25, -0.2) is 4.68 Å². The number of aliphatic carboxylic acids is 1. The van der Waals surface area contributed by atoms with Gasteiger partial charge in [-0.2, -0.15) is 5.10 Å². The Hall–Kier alpha value is -3.15. The minimum atomic E-state index is -0.800. The summed E-state index contributed by atoms with van der Waals surface area (Å²) in [7, 11) is 1.87. The van der Waals surface area contributed by atoms with Crippen LogP contribution in [0.25, 0.3) is 0 Å². The van der Waals surface area contributed by atoms with E-state index in [1.165, 1.54) is 29.7 Å². The average molecular weight is 490 g/mol. The van der Waals surface area contributed by atoms with Gasteiger partial charge in [-0.15, -0.1) is 0 Å². The smallest absolute Gasteiger partial charge is 0.303 e. The maximum absolute atomic E-state index is 11.7. The fraction of sp³-hybridized carbons (Fsp3) is 0.500. The normalized spacial score (nSPS) is 14.4. The summed E-state index contributed by atoms with van der Waals surface area (Å²) in [5.41, 5.74) is 7.93. The molecule has 1 aromatic carbocycles. The lowest BCUT2D eigenvalue weighted by atomic mass is 9.81. The summed E-state index contributed by atoms with van der Waals surface area (Å²) in [6.07, 6.45) is 6.05. The van der Waals surface area contributed by atoms with Crippen LogP contribution in [0.3, 0.4) is 0 Å². The van der Waals surface area contributed by atoms with E-state index in [0.717, 1.165) is 41.8 Å². The van der Waals surface area contributed by atoms with E-state index in [2.05, 4.69) is 63.1 Å². The second-order valence-corrected chi connectivity index (χ2v) is 11.1. The van der Waals surface area contributed by atoms with Crippen molar-refractivity contribution in [3.8, 4) is 5.88 Å². The number of aromatic nitrogens is 3. The number of fused-ring (bicyclic) bond motifs is 1. The summed E-state index contributed by atoms with van der Waals surface area (Å²) in [6, 6.07) is 12.7. The Labute approximate surface area is 214 Å². The van der Waals surface area contributed by atoms with Gasteiger partial charge in [0.15, 0.2) is 0 Å². The number of hydrogen-bond acceptors (Lipinski definition) is 4. The van der Waals surface area contributed by atoms with Crippen LogP contribution < -0.4 is 4.74 Å². The summed E-state index contributed by atoms with van der Waals surface area (Å²) in [5, 5.41) is 14.3. The molecule has 6 nitrogen and oxygen atoms in total. The maximum Gasteiger partial charge on any atom is 0.303 e. The zero-order valence-corrected chi connectivity index (χ0v) is 22.3. The van der Waals surface area contributed by atoms with Crippen molar-refractivity contribution in [2.75, 3.05) is 6.61 Å². The molecule has 2 heterocycles. The topological polar surface area (TPSA) is 77.2 Å². The van der Waals surface area contributed by atoms with Gasteiger partial charge in [0, 0.05) is 36.8 Å². The Balaban J connectivity index is 1.45. The highest BCUT2D eigenvalue weighted by Crippen LogP contribution is 2.32. The molecule has 6 heteroatoms. The molecule has 1 N–H and O–H groups in total. The predicted molar refractivity (Wildman–Crippen MR) is 142 cm³/mol. The Morgan fingerprint density at radius 1 is 1.11 bits per heavy atom. The van der Waals surface area contributed by atoms with Crippen LogP contribution in [-0.2, 0) is 42.9 Å². The van der Waals surface area contributed by atoms with E-state index in [-0.39, 0.29) is 17.8 Å². The number of carboxylic acids is 1. The highest BCUT2D eigenvalue weighted by molar-refractivity contribution is 5.68. The monoisotopic (exact) mass is 489 g/mol. The number of aryl methyl sites for hydroxylation is 4. The molecule has 0 saturated heterocycles. The van der Waals surface area contributed by atoms with Gasteiger partial charge in [-0.3, -0.25) is 9.78 Å². The van der Waals surface area contributed by atoms with Gasteiger partial charge in [0.1, 0.15) is 0 Å². The molecule has 1 unspecified atom stereocenters. The van der Waals surface area contributed by atoms with Crippen LogP contribution in [0.2, 0.25) is 0 Å². The number of nitrogens with zero attached hydrogens (tertiary/aromatic N) is 3.